The van der Waals surface area contributed by atoms with Crippen molar-refractivity contribution in [1.82, 2.24) is 0 Å². The summed E-state index contributed by atoms with van der Waals surface area (Å²) in [5.74, 6) is -1.59. The highest BCUT2D eigenvalue weighted by atomic mass is 16.6. The Balaban J connectivity index is 1.43. The van der Waals surface area contributed by atoms with Crippen LogP contribution in [0.1, 0.15) is 29.7 Å². The van der Waals surface area contributed by atoms with Crippen molar-refractivity contribution in [2.24, 2.45) is 11.3 Å². The van der Waals surface area contributed by atoms with Crippen LogP contribution in [0.2, 0.25) is 0 Å². The molecule has 0 radical (unpaired) electrons. The normalized spacial score (nSPS) is 21.1. The fourth-order valence-electron chi connectivity index (χ4n) is 4.94. The first-order valence-electron chi connectivity index (χ1n) is 12.2. The molecule has 0 saturated carbocycles. The Labute approximate surface area is 211 Å². The van der Waals surface area contributed by atoms with Crippen molar-refractivity contribution < 1.29 is 19.1 Å². The smallest absolute Gasteiger partial charge is 0.314 e. The highest BCUT2D eigenvalue weighted by molar-refractivity contribution is 5.89. The van der Waals surface area contributed by atoms with Gasteiger partial charge < -0.3 is 9.47 Å². The van der Waals surface area contributed by atoms with Crippen LogP contribution in [-0.2, 0) is 32.1 Å². The molecule has 0 spiro atoms. The van der Waals surface area contributed by atoms with Crippen molar-refractivity contribution in [2.75, 3.05) is 0 Å². The van der Waals surface area contributed by atoms with E-state index in [-0.39, 0.29) is 12.6 Å². The maximum Gasteiger partial charge on any atom is 0.314 e. The minimum absolute atomic E-state index is 0.147. The van der Waals surface area contributed by atoms with Gasteiger partial charge in [-0.05, 0) is 41.2 Å². The molecule has 4 aromatic carbocycles. The van der Waals surface area contributed by atoms with E-state index in [1.165, 1.54) is 0 Å². The Kier molecular flexibility index (Phi) is 6.68. The molecule has 4 nitrogen and oxygen atoms in total. The first-order valence-corrected chi connectivity index (χ1v) is 12.2. The Hall–Kier alpha value is -4.18. The van der Waals surface area contributed by atoms with Crippen LogP contribution in [0.4, 0.5) is 0 Å². The Bertz CT molecular complexity index is 1320. The van der Waals surface area contributed by atoms with Crippen LogP contribution in [0.25, 0.3) is 11.1 Å². The van der Waals surface area contributed by atoms with Crippen molar-refractivity contribution in [1.29, 1.82) is 0 Å². The lowest BCUT2D eigenvalue weighted by Gasteiger charge is -2.28. The molecule has 5 rings (SSSR count). The van der Waals surface area contributed by atoms with Gasteiger partial charge in [0.25, 0.3) is 0 Å². The number of carbonyl (C=O) groups is 2. The van der Waals surface area contributed by atoms with E-state index in [9.17, 15) is 9.59 Å². The van der Waals surface area contributed by atoms with E-state index in [1.54, 1.807) is 0 Å². The zero-order valence-corrected chi connectivity index (χ0v) is 20.2. The predicted octanol–water partition coefficient (Wildman–Crippen LogP) is 6.56. The van der Waals surface area contributed by atoms with Crippen molar-refractivity contribution in [3.8, 4) is 11.1 Å². The van der Waals surface area contributed by atoms with Gasteiger partial charge in [0.15, 0.2) is 0 Å². The summed E-state index contributed by atoms with van der Waals surface area (Å²) in [5.41, 5.74) is 3.80. The molecule has 3 atom stereocenters. The topological polar surface area (TPSA) is 52.6 Å². The molecule has 1 aliphatic rings. The van der Waals surface area contributed by atoms with Crippen LogP contribution in [-0.4, -0.2) is 11.9 Å². The van der Waals surface area contributed by atoms with E-state index < -0.39 is 23.4 Å². The van der Waals surface area contributed by atoms with E-state index in [0.29, 0.717) is 6.42 Å². The average Bonchev–Trinajstić information content (AvgIpc) is 3.19. The SMILES string of the molecule is C[C@]1(Cc2ccc(-c3ccccc3)cc2)C(=O)O[C@H](c2ccccc2)C1C(=O)OCc1ccccc1. The van der Waals surface area contributed by atoms with Crippen LogP contribution < -0.4 is 0 Å². The second-order valence-electron chi connectivity index (χ2n) is 9.46. The number of cyclic esters (lactones) is 1. The lowest BCUT2D eigenvalue weighted by atomic mass is 9.71. The van der Waals surface area contributed by atoms with Crippen LogP contribution in [0.5, 0.6) is 0 Å². The summed E-state index contributed by atoms with van der Waals surface area (Å²) in [4.78, 5) is 26.9. The molecule has 0 bridgehead atoms. The quantitative estimate of drug-likeness (QED) is 0.284. The molecular weight excluding hydrogens is 448 g/mol. The number of benzene rings is 4. The number of hydrogen-bond acceptors (Lipinski definition) is 4. The molecule has 0 N–H and O–H groups in total. The largest absolute Gasteiger partial charge is 0.460 e. The highest BCUT2D eigenvalue weighted by Gasteiger charge is 2.58. The molecule has 1 aliphatic heterocycles. The molecule has 36 heavy (non-hydrogen) atoms. The maximum atomic E-state index is 13.5. The molecule has 4 aromatic rings. The molecule has 0 amide bonds. The van der Waals surface area contributed by atoms with Gasteiger partial charge >= 0.3 is 11.9 Å². The van der Waals surface area contributed by atoms with Crippen molar-refractivity contribution in [3.63, 3.8) is 0 Å². The lowest BCUT2D eigenvalue weighted by molar-refractivity contribution is -0.155. The maximum absolute atomic E-state index is 13.5. The average molecular weight is 477 g/mol. The summed E-state index contributed by atoms with van der Waals surface area (Å²) < 4.78 is 11.6. The summed E-state index contributed by atoms with van der Waals surface area (Å²) in [6.07, 6.45) is -0.328. The van der Waals surface area contributed by atoms with E-state index >= 15 is 0 Å². The summed E-state index contributed by atoms with van der Waals surface area (Å²) >= 11 is 0. The molecule has 0 aromatic heterocycles. The molecule has 1 fully saturated rings. The molecular formula is C32H28O4. The first-order chi connectivity index (χ1) is 17.5. The lowest BCUT2D eigenvalue weighted by Crippen LogP contribution is -2.38. The van der Waals surface area contributed by atoms with Crippen molar-refractivity contribution >= 4 is 11.9 Å². The van der Waals surface area contributed by atoms with Crippen molar-refractivity contribution in [3.05, 3.63) is 132 Å². The van der Waals surface area contributed by atoms with E-state index in [2.05, 4.69) is 12.1 Å². The van der Waals surface area contributed by atoms with E-state index in [0.717, 1.165) is 27.8 Å². The number of esters is 2. The van der Waals surface area contributed by atoms with Gasteiger partial charge in [-0.2, -0.15) is 0 Å². The highest BCUT2D eigenvalue weighted by Crippen LogP contribution is 2.50. The number of hydrogen-bond donors (Lipinski definition) is 0. The van der Waals surface area contributed by atoms with Gasteiger partial charge in [0, 0.05) is 0 Å². The van der Waals surface area contributed by atoms with Crippen LogP contribution in [0.3, 0.4) is 0 Å². The summed E-state index contributed by atoms with van der Waals surface area (Å²) in [7, 11) is 0. The standard InChI is InChI=1S/C32H28O4/c1-32(21-23-17-19-26(20-18-23)25-13-7-3-8-14-25)28(30(33)35-22-24-11-5-2-6-12-24)29(36-31(32)34)27-15-9-4-10-16-27/h2-20,28-29H,21-22H2,1H3/t28?,29-,32-/m1/s1. The van der Waals surface area contributed by atoms with Gasteiger partial charge in [-0.25, -0.2) is 0 Å². The summed E-state index contributed by atoms with van der Waals surface area (Å²) in [5, 5.41) is 0. The Morgan fingerprint density at radius 3 is 1.94 bits per heavy atom. The molecule has 180 valence electrons. The van der Waals surface area contributed by atoms with Gasteiger partial charge in [-0.15, -0.1) is 0 Å². The second-order valence-corrected chi connectivity index (χ2v) is 9.46. The summed E-state index contributed by atoms with van der Waals surface area (Å²) in [6, 6.07) is 37.2. The minimum atomic E-state index is -1.07. The zero-order chi connectivity index (χ0) is 25.0. The minimum Gasteiger partial charge on any atom is -0.460 e. The van der Waals surface area contributed by atoms with Crippen LogP contribution in [0, 0.1) is 11.3 Å². The molecule has 4 heteroatoms. The molecule has 1 unspecified atom stereocenters. The van der Waals surface area contributed by atoms with Crippen molar-refractivity contribution in [2.45, 2.75) is 26.1 Å². The number of carbonyl (C=O) groups excluding carboxylic acids is 2. The van der Waals surface area contributed by atoms with Crippen LogP contribution >= 0.6 is 0 Å². The predicted molar refractivity (Wildman–Crippen MR) is 139 cm³/mol. The van der Waals surface area contributed by atoms with Gasteiger partial charge in [0.05, 0.1) is 5.41 Å². The fourth-order valence-corrected chi connectivity index (χ4v) is 4.94. The molecule has 1 saturated heterocycles. The third-order valence-corrected chi connectivity index (χ3v) is 6.93. The second kappa shape index (κ2) is 10.2. The monoisotopic (exact) mass is 476 g/mol. The van der Waals surface area contributed by atoms with E-state index in [1.807, 2.05) is 110 Å². The van der Waals surface area contributed by atoms with Gasteiger partial charge in [-0.3, -0.25) is 9.59 Å². The first kappa shape index (κ1) is 23.6. The number of rotatable bonds is 7. The number of ether oxygens (including phenoxy) is 2. The molecule has 1 heterocycles. The summed E-state index contributed by atoms with van der Waals surface area (Å²) in [6.45, 7) is 1.96. The third-order valence-electron chi connectivity index (χ3n) is 6.93. The van der Waals surface area contributed by atoms with Gasteiger partial charge in [-0.1, -0.05) is 115 Å². The van der Waals surface area contributed by atoms with Gasteiger partial charge in [0.2, 0.25) is 0 Å². The van der Waals surface area contributed by atoms with Crippen LogP contribution in [0.15, 0.2) is 115 Å². The zero-order valence-electron chi connectivity index (χ0n) is 20.2. The Morgan fingerprint density at radius 2 is 1.31 bits per heavy atom. The third kappa shape index (κ3) is 4.80. The molecule has 0 aliphatic carbocycles. The van der Waals surface area contributed by atoms with Gasteiger partial charge in [0.1, 0.15) is 18.6 Å². The fraction of sp³-hybridized carbons (Fsp3) is 0.188. The van der Waals surface area contributed by atoms with E-state index in [4.69, 9.17) is 9.47 Å². The Morgan fingerprint density at radius 1 is 0.750 bits per heavy atom.